The molecular formula is C21H27N5O. The molecule has 0 bridgehead atoms. The zero-order valence-electron chi connectivity index (χ0n) is 15.7. The second-order valence-electron chi connectivity index (χ2n) is 7.89. The molecule has 6 nitrogen and oxygen atoms in total. The number of fused-ring (bicyclic) bond motifs is 3. The van der Waals surface area contributed by atoms with Gasteiger partial charge in [-0.1, -0.05) is 18.2 Å². The molecule has 1 N–H and O–H groups in total. The Bertz CT molecular complexity index is 813. The molecule has 2 atom stereocenters. The van der Waals surface area contributed by atoms with Crippen molar-refractivity contribution in [2.24, 2.45) is 0 Å². The average Bonchev–Trinajstić information content (AvgIpc) is 3.26. The minimum absolute atomic E-state index is 0.191. The smallest absolute Gasteiger partial charge is 0.134 e. The van der Waals surface area contributed by atoms with E-state index in [9.17, 15) is 5.11 Å². The third-order valence-corrected chi connectivity index (χ3v) is 6.30. The summed E-state index contributed by atoms with van der Waals surface area (Å²) in [6.45, 7) is 4.28. The lowest BCUT2D eigenvalue weighted by atomic mass is 10.1. The predicted molar refractivity (Wildman–Crippen MR) is 108 cm³/mol. The van der Waals surface area contributed by atoms with E-state index in [1.807, 2.05) is 0 Å². The van der Waals surface area contributed by atoms with Crippen LogP contribution in [-0.4, -0.2) is 59.9 Å². The van der Waals surface area contributed by atoms with E-state index >= 15 is 0 Å². The fraction of sp³-hybridized carbons (Fsp3) is 0.524. The van der Waals surface area contributed by atoms with Crippen LogP contribution in [0.2, 0.25) is 0 Å². The van der Waals surface area contributed by atoms with Gasteiger partial charge in [-0.2, -0.15) is 0 Å². The van der Waals surface area contributed by atoms with E-state index < -0.39 is 0 Å². The molecule has 1 aromatic heterocycles. The number of para-hydroxylation sites is 1. The molecule has 142 valence electrons. The highest BCUT2D eigenvalue weighted by molar-refractivity contribution is 5.61. The van der Waals surface area contributed by atoms with Crippen LogP contribution < -0.4 is 14.7 Å². The Hall–Kier alpha value is -2.34. The maximum Gasteiger partial charge on any atom is 0.134 e. The van der Waals surface area contributed by atoms with Crippen LogP contribution in [0.1, 0.15) is 24.8 Å². The van der Waals surface area contributed by atoms with Crippen molar-refractivity contribution < 1.29 is 5.11 Å². The first kappa shape index (κ1) is 16.8. The molecule has 0 aliphatic carbocycles. The fourth-order valence-electron chi connectivity index (χ4n) is 4.97. The van der Waals surface area contributed by atoms with Gasteiger partial charge in [-0.15, -0.1) is 0 Å². The van der Waals surface area contributed by atoms with Crippen molar-refractivity contribution >= 4 is 17.3 Å². The highest BCUT2D eigenvalue weighted by Crippen LogP contribution is 2.34. The van der Waals surface area contributed by atoms with Gasteiger partial charge >= 0.3 is 0 Å². The molecule has 0 amide bonds. The second-order valence-corrected chi connectivity index (χ2v) is 7.89. The van der Waals surface area contributed by atoms with Crippen LogP contribution in [0.25, 0.3) is 0 Å². The van der Waals surface area contributed by atoms with Gasteiger partial charge in [0.05, 0.1) is 18.7 Å². The number of nitrogens with zero attached hydrogens (tertiary/aromatic N) is 5. The minimum atomic E-state index is 0.191. The summed E-state index contributed by atoms with van der Waals surface area (Å²) in [6, 6.07) is 11.6. The van der Waals surface area contributed by atoms with Gasteiger partial charge in [0.15, 0.2) is 0 Å². The summed E-state index contributed by atoms with van der Waals surface area (Å²) in [7, 11) is 0. The lowest BCUT2D eigenvalue weighted by Gasteiger charge is -2.29. The summed E-state index contributed by atoms with van der Waals surface area (Å²) in [5.41, 5.74) is 2.88. The summed E-state index contributed by atoms with van der Waals surface area (Å²) in [5.74, 6) is 1.97. The van der Waals surface area contributed by atoms with Crippen molar-refractivity contribution in [1.29, 1.82) is 0 Å². The monoisotopic (exact) mass is 365 g/mol. The minimum Gasteiger partial charge on any atom is -0.394 e. The van der Waals surface area contributed by atoms with E-state index in [1.165, 1.54) is 11.3 Å². The number of aromatic nitrogens is 2. The van der Waals surface area contributed by atoms with Crippen LogP contribution in [0.3, 0.4) is 0 Å². The zero-order chi connectivity index (χ0) is 18.2. The Labute approximate surface area is 160 Å². The van der Waals surface area contributed by atoms with Crippen molar-refractivity contribution in [1.82, 2.24) is 9.97 Å². The number of hydrogen-bond donors (Lipinski definition) is 1. The Balaban J connectivity index is 1.37. The number of benzene rings is 1. The van der Waals surface area contributed by atoms with Gasteiger partial charge in [-0.25, -0.2) is 9.97 Å². The van der Waals surface area contributed by atoms with Crippen LogP contribution >= 0.6 is 0 Å². The van der Waals surface area contributed by atoms with Gasteiger partial charge in [-0.05, 0) is 37.3 Å². The van der Waals surface area contributed by atoms with Crippen molar-refractivity contribution in [2.45, 2.75) is 37.8 Å². The van der Waals surface area contributed by atoms with Gasteiger partial charge in [-0.3, -0.25) is 0 Å². The summed E-state index contributed by atoms with van der Waals surface area (Å²) >= 11 is 0. The third-order valence-electron chi connectivity index (χ3n) is 6.30. The van der Waals surface area contributed by atoms with Crippen molar-refractivity contribution in [2.75, 3.05) is 47.5 Å². The van der Waals surface area contributed by atoms with Crippen LogP contribution in [0, 0.1) is 0 Å². The van der Waals surface area contributed by atoms with Crippen LogP contribution in [0.4, 0.5) is 17.3 Å². The van der Waals surface area contributed by atoms with Crippen molar-refractivity contribution in [3.8, 4) is 0 Å². The Morgan fingerprint density at radius 3 is 2.78 bits per heavy atom. The first-order chi connectivity index (χ1) is 13.3. The molecule has 3 aliphatic heterocycles. The summed E-state index contributed by atoms with van der Waals surface area (Å²) in [5, 5.41) is 9.64. The Kier molecular flexibility index (Phi) is 4.36. The summed E-state index contributed by atoms with van der Waals surface area (Å²) < 4.78 is 0. The highest BCUT2D eigenvalue weighted by atomic mass is 16.3. The van der Waals surface area contributed by atoms with Gasteiger partial charge < -0.3 is 19.8 Å². The fourth-order valence-corrected chi connectivity index (χ4v) is 4.97. The number of aliphatic hydroxyl groups excluding tert-OH is 1. The standard InChI is InChI=1S/C21H27N5O/c27-14-17-6-3-9-26(17)21-12-20(22-15-23-21)24-8-4-10-25-18(13-24)11-16-5-1-2-7-19(16)25/h1-2,5,7,12,15,17-18,27H,3-4,6,8-11,13-14H2. The molecule has 0 radical (unpaired) electrons. The molecule has 0 spiro atoms. The van der Waals surface area contributed by atoms with E-state index in [0.29, 0.717) is 6.04 Å². The number of hydrogen-bond acceptors (Lipinski definition) is 6. The largest absolute Gasteiger partial charge is 0.394 e. The van der Waals surface area contributed by atoms with Crippen LogP contribution in [0.15, 0.2) is 36.7 Å². The van der Waals surface area contributed by atoms with E-state index in [1.54, 1.807) is 6.33 Å². The lowest BCUT2D eigenvalue weighted by Crippen LogP contribution is -2.39. The topological polar surface area (TPSA) is 55.7 Å². The lowest BCUT2D eigenvalue weighted by molar-refractivity contribution is 0.266. The molecule has 1 aromatic carbocycles. The molecule has 2 fully saturated rings. The molecule has 2 aromatic rings. The molecule has 5 rings (SSSR count). The average molecular weight is 365 g/mol. The van der Waals surface area contributed by atoms with Crippen molar-refractivity contribution in [3.05, 3.63) is 42.2 Å². The van der Waals surface area contributed by atoms with E-state index in [4.69, 9.17) is 0 Å². The molecule has 2 unspecified atom stereocenters. The molecule has 27 heavy (non-hydrogen) atoms. The molecular weight excluding hydrogens is 338 g/mol. The zero-order valence-corrected chi connectivity index (χ0v) is 15.7. The Morgan fingerprint density at radius 2 is 1.85 bits per heavy atom. The van der Waals surface area contributed by atoms with Gasteiger partial charge in [0.25, 0.3) is 0 Å². The Morgan fingerprint density at radius 1 is 1.00 bits per heavy atom. The van der Waals surface area contributed by atoms with Crippen molar-refractivity contribution in [3.63, 3.8) is 0 Å². The van der Waals surface area contributed by atoms with Crippen LogP contribution in [0.5, 0.6) is 0 Å². The number of anilines is 3. The maximum absolute atomic E-state index is 9.64. The maximum atomic E-state index is 9.64. The first-order valence-corrected chi connectivity index (χ1v) is 10.1. The van der Waals surface area contributed by atoms with Gasteiger partial charge in [0.1, 0.15) is 18.0 Å². The normalized spacial score (nSPS) is 24.7. The van der Waals surface area contributed by atoms with E-state index in [-0.39, 0.29) is 12.6 Å². The first-order valence-electron chi connectivity index (χ1n) is 10.1. The SMILES string of the molecule is OCC1CCCN1c1cc(N2CCCN3c4ccccc4CC3C2)ncn1. The number of aliphatic hydroxyl groups is 1. The molecule has 2 saturated heterocycles. The highest BCUT2D eigenvalue weighted by Gasteiger charge is 2.33. The predicted octanol–water partition coefficient (Wildman–Crippen LogP) is 2.08. The van der Waals surface area contributed by atoms with Gasteiger partial charge in [0, 0.05) is 37.9 Å². The van der Waals surface area contributed by atoms with Crippen LogP contribution in [-0.2, 0) is 6.42 Å². The molecule has 3 aliphatic rings. The quantitative estimate of drug-likeness (QED) is 0.899. The summed E-state index contributed by atoms with van der Waals surface area (Å²) in [6.07, 6.45) is 6.08. The van der Waals surface area contributed by atoms with Gasteiger partial charge in [0.2, 0.25) is 0 Å². The van der Waals surface area contributed by atoms with E-state index in [2.05, 4.69) is 55.0 Å². The van der Waals surface area contributed by atoms with E-state index in [0.717, 1.165) is 63.5 Å². The summed E-state index contributed by atoms with van der Waals surface area (Å²) in [4.78, 5) is 16.3. The third kappa shape index (κ3) is 3.02. The second kappa shape index (κ2) is 7.00. The molecule has 6 heteroatoms. The molecule has 0 saturated carbocycles. The number of rotatable bonds is 3. The molecule has 4 heterocycles.